The van der Waals surface area contributed by atoms with E-state index < -0.39 is 0 Å². The summed E-state index contributed by atoms with van der Waals surface area (Å²) in [5.74, 6) is 1.83. The molecule has 3 aromatic heterocycles. The monoisotopic (exact) mass is 541 g/mol. The van der Waals surface area contributed by atoms with Crippen molar-refractivity contribution in [3.63, 3.8) is 0 Å². The van der Waals surface area contributed by atoms with Crippen molar-refractivity contribution in [1.29, 1.82) is 0 Å². The van der Waals surface area contributed by atoms with Gasteiger partial charge in [0, 0.05) is 24.6 Å². The Kier molecular flexibility index (Phi) is 8.54. The van der Waals surface area contributed by atoms with E-state index in [1.165, 1.54) is 23.5 Å². The van der Waals surface area contributed by atoms with E-state index in [2.05, 4.69) is 61.2 Å². The molecule has 164 valence electrons. The fraction of sp³-hybridized carbons (Fsp3) is 0.308. The molecule has 0 saturated carbocycles. The Morgan fingerprint density at radius 2 is 1.06 bits per heavy atom. The number of nitrogens with one attached hydrogen (secondary N) is 2. The molecule has 0 radical (unpaired) electrons. The second-order valence-electron chi connectivity index (χ2n) is 5.17. The second-order valence-corrected chi connectivity index (χ2v) is 8.65. The third kappa shape index (κ3) is 8.38. The van der Waals surface area contributed by atoms with Gasteiger partial charge in [0.15, 0.2) is 11.7 Å². The second kappa shape index (κ2) is 11.8. The summed E-state index contributed by atoms with van der Waals surface area (Å²) in [5.41, 5.74) is 2.18. The van der Waals surface area contributed by atoms with E-state index in [1.807, 2.05) is 0 Å². The molecule has 18 heteroatoms. The van der Waals surface area contributed by atoms with Crippen molar-refractivity contribution in [2.24, 2.45) is 0 Å². The topological polar surface area (TPSA) is 166 Å². The Bertz CT molecular complexity index is 949. The molecule has 0 bridgehead atoms. The predicted octanol–water partition coefficient (Wildman–Crippen LogP) is 2.85. The minimum absolute atomic E-state index is 0.00151. The summed E-state index contributed by atoms with van der Waals surface area (Å²) in [5, 5.41) is 6.87. The van der Waals surface area contributed by atoms with Gasteiger partial charge in [-0.05, 0) is 46.4 Å². The minimum atomic E-state index is 0.00151. The third-order valence-corrected chi connectivity index (χ3v) is 5.36. The van der Waals surface area contributed by atoms with E-state index in [-0.39, 0.29) is 39.0 Å². The van der Waals surface area contributed by atoms with Crippen molar-refractivity contribution in [3.05, 3.63) is 21.1 Å². The number of aromatic nitrogens is 9. The van der Waals surface area contributed by atoms with Gasteiger partial charge < -0.3 is 16.4 Å². The molecule has 3 rings (SSSR count). The Morgan fingerprint density at radius 3 is 1.45 bits per heavy atom. The van der Waals surface area contributed by atoms with Gasteiger partial charge in [-0.3, -0.25) is 0 Å². The smallest absolute Gasteiger partial charge is 0.228 e. The first-order valence-electron chi connectivity index (χ1n) is 8.72. The normalized spacial score (nSPS) is 11.2. The zero-order valence-electron chi connectivity index (χ0n) is 16.2. The van der Waals surface area contributed by atoms with Gasteiger partial charge in [-0.2, -0.15) is 44.9 Å². The molecule has 0 spiro atoms. The van der Waals surface area contributed by atoms with Crippen LogP contribution in [0.15, 0.2) is 10.3 Å². The molecule has 0 atom stereocenters. The molecule has 0 saturated heterocycles. The lowest BCUT2D eigenvalue weighted by molar-refractivity contribution is 0.813. The first-order valence-corrected chi connectivity index (χ1v) is 11.7. The molecule has 3 aromatic rings. The van der Waals surface area contributed by atoms with E-state index in [0.29, 0.717) is 34.9 Å². The van der Waals surface area contributed by atoms with Gasteiger partial charge in [-0.1, -0.05) is 23.5 Å². The lowest BCUT2D eigenvalue weighted by Gasteiger charge is -2.07. The number of thioether (sulfide) groups is 2. The number of nitrogens with zero attached hydrogens (tertiary/aromatic N) is 9. The number of anilines is 3. The summed E-state index contributed by atoms with van der Waals surface area (Å²) in [6.45, 7) is 0.972. The molecular formula is C13H12Cl4N12S2. The van der Waals surface area contributed by atoms with Gasteiger partial charge in [0.25, 0.3) is 0 Å². The molecule has 4 N–H and O–H groups in total. The van der Waals surface area contributed by atoms with Gasteiger partial charge in [0.05, 0.1) is 0 Å². The first-order chi connectivity index (χ1) is 15.4. The predicted molar refractivity (Wildman–Crippen MR) is 122 cm³/mol. The Morgan fingerprint density at radius 1 is 0.645 bits per heavy atom. The van der Waals surface area contributed by atoms with Crippen LogP contribution in [0.1, 0.15) is 0 Å². The average molecular weight is 543 g/mol. The Hall–Kier alpha value is -1.71. The molecule has 0 fully saturated rings. The van der Waals surface area contributed by atoms with Crippen molar-refractivity contribution in [1.82, 2.24) is 44.9 Å². The van der Waals surface area contributed by atoms with Crippen molar-refractivity contribution in [2.45, 2.75) is 10.3 Å². The number of rotatable bonds is 11. The average Bonchev–Trinajstić information content (AvgIpc) is 2.73. The summed E-state index contributed by atoms with van der Waals surface area (Å²) in [4.78, 5) is 35.7. The molecule has 12 nitrogen and oxygen atoms in total. The minimum Gasteiger partial charge on any atom is -0.368 e. The van der Waals surface area contributed by atoms with Crippen molar-refractivity contribution >= 4 is 87.8 Å². The number of nitrogen functional groups attached to an aromatic ring is 1. The highest BCUT2D eigenvalue weighted by Gasteiger charge is 2.08. The van der Waals surface area contributed by atoms with Gasteiger partial charge in [-0.25, -0.2) is 0 Å². The van der Waals surface area contributed by atoms with E-state index in [1.54, 1.807) is 0 Å². The number of halogens is 4. The van der Waals surface area contributed by atoms with Crippen LogP contribution in [-0.4, -0.2) is 69.5 Å². The lowest BCUT2D eigenvalue weighted by atomic mass is 10.7. The molecule has 3 heterocycles. The van der Waals surface area contributed by atoms with Crippen molar-refractivity contribution in [3.8, 4) is 0 Å². The number of hydrogen-bond donors (Lipinski definition) is 3. The maximum atomic E-state index is 7.33. The summed E-state index contributed by atoms with van der Waals surface area (Å²) in [6, 6.07) is 0. The lowest BCUT2D eigenvalue weighted by Crippen LogP contribution is -2.10. The first kappa shape index (κ1) is 22.5. The molecule has 0 amide bonds. The SMILES string of the molecule is [2H]Nc1nc(SCCNc2nc(Cl)nc(Cl)n2)nc(SCCNc2nc(Cl)nc(Cl)n2)n1. The fourth-order valence-electron chi connectivity index (χ4n) is 1.89. The summed E-state index contributed by atoms with van der Waals surface area (Å²) >= 11 is 25.7. The highest BCUT2D eigenvalue weighted by molar-refractivity contribution is 7.99. The molecule has 0 aliphatic heterocycles. The Labute approximate surface area is 205 Å². The molecule has 31 heavy (non-hydrogen) atoms. The van der Waals surface area contributed by atoms with E-state index in [4.69, 9.17) is 47.8 Å². The molecule has 0 aliphatic carbocycles. The Balaban J connectivity index is 1.48. The van der Waals surface area contributed by atoms with Gasteiger partial charge in [0.1, 0.15) is 0 Å². The van der Waals surface area contributed by atoms with E-state index in [9.17, 15) is 0 Å². The molecular weight excluding hydrogens is 530 g/mol. The largest absolute Gasteiger partial charge is 0.368 e. The zero-order chi connectivity index (χ0) is 22.9. The van der Waals surface area contributed by atoms with Crippen LogP contribution in [0.5, 0.6) is 0 Å². The van der Waals surface area contributed by atoms with Crippen LogP contribution in [0.4, 0.5) is 17.8 Å². The summed E-state index contributed by atoms with van der Waals surface area (Å²) in [7, 11) is 0. The van der Waals surface area contributed by atoms with Crippen LogP contribution in [0.2, 0.25) is 22.5 Å². The quantitative estimate of drug-likeness (QED) is 0.239. The summed E-state index contributed by atoms with van der Waals surface area (Å²) < 4.78 is 7.33. The maximum absolute atomic E-state index is 7.33. The molecule has 0 aliphatic rings. The van der Waals surface area contributed by atoms with Crippen LogP contribution in [-0.2, 0) is 0 Å². The third-order valence-electron chi connectivity index (χ3n) is 2.99. The van der Waals surface area contributed by atoms with E-state index >= 15 is 0 Å². The van der Waals surface area contributed by atoms with Crippen molar-refractivity contribution < 1.29 is 1.41 Å². The number of hydrogen-bond acceptors (Lipinski definition) is 14. The molecule has 0 aromatic carbocycles. The van der Waals surface area contributed by atoms with Crippen LogP contribution in [0.25, 0.3) is 0 Å². The van der Waals surface area contributed by atoms with Crippen LogP contribution in [0, 0.1) is 0 Å². The highest BCUT2D eigenvalue weighted by Crippen LogP contribution is 2.19. The fourth-order valence-corrected chi connectivity index (χ4v) is 4.05. The van der Waals surface area contributed by atoms with Gasteiger partial charge in [0.2, 0.25) is 39.0 Å². The van der Waals surface area contributed by atoms with Crippen LogP contribution >= 0.6 is 69.9 Å². The van der Waals surface area contributed by atoms with Gasteiger partial charge >= 0.3 is 0 Å². The zero-order valence-corrected chi connectivity index (χ0v) is 19.8. The summed E-state index contributed by atoms with van der Waals surface area (Å²) in [6.07, 6.45) is 0. The van der Waals surface area contributed by atoms with Crippen LogP contribution in [0.3, 0.4) is 0 Å². The maximum Gasteiger partial charge on any atom is 0.228 e. The van der Waals surface area contributed by atoms with Crippen molar-refractivity contribution in [2.75, 3.05) is 41.0 Å². The van der Waals surface area contributed by atoms with Crippen LogP contribution < -0.4 is 16.4 Å². The number of nitrogens with two attached hydrogens (primary N) is 1. The highest BCUT2D eigenvalue weighted by atomic mass is 35.5. The van der Waals surface area contributed by atoms with E-state index in [0.717, 1.165) is 0 Å². The standard InChI is InChI=1S/C13H12Cl4N12S2/c14-5-21-6(15)24-10(23-5)19-1-3-30-12-27-9(18)28-13(29-12)31-4-2-20-11-25-7(16)22-8(17)26-11/h1-4H2,(H2,18,27,28,29)(H,19,21,23,24)(H,20,22,25,26)/i/hD. The van der Waals surface area contributed by atoms with Gasteiger partial charge in [-0.15, -0.1) is 0 Å². The molecule has 0 unspecified atom stereocenters.